The first-order valence-electron chi connectivity index (χ1n) is 7.07. The van der Waals surface area contributed by atoms with Crippen molar-refractivity contribution in [3.05, 3.63) is 29.8 Å². The lowest BCUT2D eigenvalue weighted by atomic mass is 10.2. The summed E-state index contributed by atoms with van der Waals surface area (Å²) < 4.78 is 5.48. The Morgan fingerprint density at radius 1 is 1.33 bits per heavy atom. The van der Waals surface area contributed by atoms with Crippen LogP contribution in [0.5, 0.6) is 5.75 Å². The summed E-state index contributed by atoms with van der Waals surface area (Å²) in [4.78, 5) is 24.4. The van der Waals surface area contributed by atoms with Crippen molar-refractivity contribution < 1.29 is 19.4 Å². The molecule has 0 heterocycles. The summed E-state index contributed by atoms with van der Waals surface area (Å²) in [6.45, 7) is 6.60. The number of ether oxygens (including phenoxy) is 1. The van der Waals surface area contributed by atoms with E-state index < -0.39 is 5.97 Å². The molecule has 1 aromatic rings. The topological polar surface area (TPSA) is 66.8 Å². The number of carboxylic acid groups (broad SMARTS) is 1. The monoisotopic (exact) mass is 293 g/mol. The minimum atomic E-state index is -0.906. The first-order chi connectivity index (χ1) is 9.88. The van der Waals surface area contributed by atoms with Gasteiger partial charge in [0, 0.05) is 13.1 Å². The van der Waals surface area contributed by atoms with Gasteiger partial charge in [-0.05, 0) is 30.5 Å². The van der Waals surface area contributed by atoms with Crippen molar-refractivity contribution in [1.29, 1.82) is 0 Å². The highest BCUT2D eigenvalue weighted by molar-refractivity contribution is 5.78. The third kappa shape index (κ3) is 6.79. The van der Waals surface area contributed by atoms with Crippen LogP contribution in [0, 0.1) is 12.8 Å². The zero-order valence-corrected chi connectivity index (χ0v) is 12.8. The molecular weight excluding hydrogens is 270 g/mol. The van der Waals surface area contributed by atoms with Crippen LogP contribution in [0.1, 0.15) is 25.8 Å². The Hall–Kier alpha value is -2.04. The van der Waals surface area contributed by atoms with Crippen molar-refractivity contribution in [2.75, 3.05) is 19.7 Å². The van der Waals surface area contributed by atoms with E-state index in [0.717, 1.165) is 5.56 Å². The van der Waals surface area contributed by atoms with Gasteiger partial charge in [-0.2, -0.15) is 0 Å². The maximum Gasteiger partial charge on any atom is 0.305 e. The minimum absolute atomic E-state index is 0.0527. The number of hydrogen-bond acceptors (Lipinski definition) is 3. The summed E-state index contributed by atoms with van der Waals surface area (Å²) in [5.74, 6) is -0.171. The Labute approximate surface area is 125 Å². The van der Waals surface area contributed by atoms with Gasteiger partial charge in [0.15, 0.2) is 6.61 Å². The third-order valence-corrected chi connectivity index (χ3v) is 2.89. The molecule has 0 saturated carbocycles. The fraction of sp³-hybridized carbons (Fsp3) is 0.500. The molecule has 1 N–H and O–H groups in total. The summed E-state index contributed by atoms with van der Waals surface area (Å²) in [5, 5.41) is 8.75. The number of aliphatic carboxylic acids is 1. The van der Waals surface area contributed by atoms with E-state index in [1.54, 1.807) is 11.0 Å². The van der Waals surface area contributed by atoms with Crippen LogP contribution in [-0.2, 0) is 9.59 Å². The molecule has 1 aromatic carbocycles. The number of hydrogen-bond donors (Lipinski definition) is 1. The molecule has 5 nitrogen and oxygen atoms in total. The van der Waals surface area contributed by atoms with Gasteiger partial charge in [-0.3, -0.25) is 9.59 Å². The Balaban J connectivity index is 2.56. The highest BCUT2D eigenvalue weighted by atomic mass is 16.5. The van der Waals surface area contributed by atoms with E-state index >= 15 is 0 Å². The van der Waals surface area contributed by atoms with Crippen molar-refractivity contribution in [3.63, 3.8) is 0 Å². The predicted octanol–water partition coefficient (Wildman–Crippen LogP) is 2.33. The number of carbonyl (C=O) groups excluding carboxylic acids is 1. The van der Waals surface area contributed by atoms with E-state index in [0.29, 0.717) is 12.3 Å². The largest absolute Gasteiger partial charge is 0.484 e. The Morgan fingerprint density at radius 3 is 2.62 bits per heavy atom. The van der Waals surface area contributed by atoms with Crippen LogP contribution in [0.2, 0.25) is 0 Å². The summed E-state index contributed by atoms with van der Waals surface area (Å²) in [6.07, 6.45) is -0.0527. The van der Waals surface area contributed by atoms with Crippen LogP contribution in [-0.4, -0.2) is 41.6 Å². The lowest BCUT2D eigenvalue weighted by Gasteiger charge is -2.24. The van der Waals surface area contributed by atoms with Gasteiger partial charge in [0.25, 0.3) is 5.91 Å². The molecule has 5 heteroatoms. The quantitative estimate of drug-likeness (QED) is 0.799. The predicted molar refractivity (Wildman–Crippen MR) is 80.3 cm³/mol. The molecule has 0 unspecified atom stereocenters. The summed E-state index contributed by atoms with van der Waals surface area (Å²) in [6, 6.07) is 7.47. The van der Waals surface area contributed by atoms with Gasteiger partial charge in [0.2, 0.25) is 0 Å². The first-order valence-corrected chi connectivity index (χ1v) is 7.07. The van der Waals surface area contributed by atoms with E-state index in [4.69, 9.17) is 9.84 Å². The number of benzene rings is 1. The van der Waals surface area contributed by atoms with Gasteiger partial charge in [0.05, 0.1) is 6.42 Å². The molecule has 0 aromatic heterocycles. The number of carboxylic acids is 1. The average Bonchev–Trinajstić information content (AvgIpc) is 2.40. The SMILES string of the molecule is Cc1cccc(OCC(=O)N(CCC(=O)O)CC(C)C)c1. The smallest absolute Gasteiger partial charge is 0.305 e. The number of aryl methyl sites for hydroxylation is 1. The first kappa shape index (κ1) is 17.0. The maximum absolute atomic E-state index is 12.2. The van der Waals surface area contributed by atoms with Gasteiger partial charge in [-0.25, -0.2) is 0 Å². The van der Waals surface area contributed by atoms with Gasteiger partial charge in [0.1, 0.15) is 5.75 Å². The average molecular weight is 293 g/mol. The van der Waals surface area contributed by atoms with Crippen molar-refractivity contribution in [2.45, 2.75) is 27.2 Å². The van der Waals surface area contributed by atoms with Crippen molar-refractivity contribution in [2.24, 2.45) is 5.92 Å². The molecule has 0 aliphatic carbocycles. The minimum Gasteiger partial charge on any atom is -0.484 e. The molecule has 21 heavy (non-hydrogen) atoms. The fourth-order valence-electron chi connectivity index (χ4n) is 1.93. The second-order valence-electron chi connectivity index (χ2n) is 5.48. The fourth-order valence-corrected chi connectivity index (χ4v) is 1.93. The van der Waals surface area contributed by atoms with Crippen LogP contribution in [0.4, 0.5) is 0 Å². The molecule has 0 bridgehead atoms. The number of amides is 1. The molecule has 1 rings (SSSR count). The lowest BCUT2D eigenvalue weighted by molar-refractivity contribution is -0.139. The number of rotatable bonds is 8. The molecule has 0 aliphatic rings. The second kappa shape index (κ2) is 8.29. The molecule has 0 spiro atoms. The summed E-state index contributed by atoms with van der Waals surface area (Å²) in [7, 11) is 0. The van der Waals surface area contributed by atoms with Crippen LogP contribution in [0.15, 0.2) is 24.3 Å². The van der Waals surface area contributed by atoms with Gasteiger partial charge >= 0.3 is 5.97 Å². The molecular formula is C16H23NO4. The highest BCUT2D eigenvalue weighted by Crippen LogP contribution is 2.12. The number of nitrogens with zero attached hydrogens (tertiary/aromatic N) is 1. The van der Waals surface area contributed by atoms with Crippen molar-refractivity contribution in [3.8, 4) is 5.75 Å². The van der Waals surface area contributed by atoms with E-state index in [-0.39, 0.29) is 31.4 Å². The van der Waals surface area contributed by atoms with Crippen LogP contribution >= 0.6 is 0 Å². The second-order valence-corrected chi connectivity index (χ2v) is 5.48. The lowest BCUT2D eigenvalue weighted by Crippen LogP contribution is -2.38. The summed E-state index contributed by atoms with van der Waals surface area (Å²) >= 11 is 0. The third-order valence-electron chi connectivity index (χ3n) is 2.89. The zero-order chi connectivity index (χ0) is 15.8. The van der Waals surface area contributed by atoms with Crippen molar-refractivity contribution >= 4 is 11.9 Å². The van der Waals surface area contributed by atoms with E-state index in [1.165, 1.54) is 0 Å². The standard InChI is InChI=1S/C16H23NO4/c1-12(2)10-17(8-7-16(19)20)15(18)11-21-14-6-4-5-13(3)9-14/h4-6,9,12H,7-8,10-11H2,1-3H3,(H,19,20). The van der Waals surface area contributed by atoms with E-state index in [2.05, 4.69) is 0 Å². The Morgan fingerprint density at radius 2 is 2.05 bits per heavy atom. The molecule has 116 valence electrons. The van der Waals surface area contributed by atoms with Crippen molar-refractivity contribution in [1.82, 2.24) is 4.90 Å². The van der Waals surface area contributed by atoms with Gasteiger partial charge in [-0.15, -0.1) is 0 Å². The van der Waals surface area contributed by atoms with Gasteiger partial charge < -0.3 is 14.7 Å². The highest BCUT2D eigenvalue weighted by Gasteiger charge is 2.16. The van der Waals surface area contributed by atoms with E-state index in [1.807, 2.05) is 39.0 Å². The Bertz CT molecular complexity index is 485. The summed E-state index contributed by atoms with van der Waals surface area (Å²) in [5.41, 5.74) is 1.06. The molecule has 0 atom stereocenters. The van der Waals surface area contributed by atoms with Crippen LogP contribution in [0.25, 0.3) is 0 Å². The number of carbonyl (C=O) groups is 2. The molecule has 0 saturated heterocycles. The van der Waals surface area contributed by atoms with E-state index in [9.17, 15) is 9.59 Å². The van der Waals surface area contributed by atoms with Crippen LogP contribution in [0.3, 0.4) is 0 Å². The molecule has 0 radical (unpaired) electrons. The normalized spacial score (nSPS) is 10.5. The molecule has 0 fully saturated rings. The Kier molecular flexibility index (Phi) is 6.72. The molecule has 0 aliphatic heterocycles. The molecule has 1 amide bonds. The maximum atomic E-state index is 12.2. The zero-order valence-electron chi connectivity index (χ0n) is 12.8. The van der Waals surface area contributed by atoms with Gasteiger partial charge in [-0.1, -0.05) is 26.0 Å². The van der Waals surface area contributed by atoms with Crippen LogP contribution < -0.4 is 4.74 Å².